The lowest BCUT2D eigenvalue weighted by Gasteiger charge is -2.06. The summed E-state index contributed by atoms with van der Waals surface area (Å²) in [6.07, 6.45) is 0. The molecule has 0 unspecified atom stereocenters. The Morgan fingerprint density at radius 1 is 1.22 bits per heavy atom. The molecule has 92 valence electrons. The molecule has 0 aliphatic carbocycles. The Bertz CT molecular complexity index is 574. The third-order valence-electron chi connectivity index (χ3n) is 2.15. The number of para-hydroxylation sites is 2. The number of hydrogen-bond donors (Lipinski definition) is 2. The number of pyridine rings is 1. The minimum Gasteiger partial charge on any atom is -0.432 e. The predicted molar refractivity (Wildman–Crippen MR) is 65.2 cm³/mol. The van der Waals surface area contributed by atoms with Crippen molar-refractivity contribution in [3.05, 3.63) is 52.6 Å². The molecule has 7 heteroatoms. The van der Waals surface area contributed by atoms with E-state index < -0.39 is 4.92 Å². The molecule has 0 fully saturated rings. The number of ether oxygens (including phenoxy) is 1. The molecule has 0 atom stereocenters. The van der Waals surface area contributed by atoms with E-state index in [9.17, 15) is 10.1 Å². The van der Waals surface area contributed by atoms with Gasteiger partial charge in [0.15, 0.2) is 0 Å². The summed E-state index contributed by atoms with van der Waals surface area (Å²) >= 11 is 0. The summed E-state index contributed by atoms with van der Waals surface area (Å²) in [5.74, 6) is 5.97. The molecule has 1 aromatic heterocycles. The first-order chi connectivity index (χ1) is 8.70. The van der Waals surface area contributed by atoms with Crippen molar-refractivity contribution in [2.45, 2.75) is 0 Å². The molecule has 0 saturated heterocycles. The molecule has 0 radical (unpaired) electrons. The SMILES string of the molecule is NNc1cccc(Oc2ccccc2[N+](=O)[O-])n1. The average Bonchev–Trinajstić information content (AvgIpc) is 2.39. The molecule has 0 spiro atoms. The first kappa shape index (κ1) is 11.8. The molecular weight excluding hydrogens is 236 g/mol. The maximum atomic E-state index is 10.8. The highest BCUT2D eigenvalue weighted by Gasteiger charge is 2.14. The van der Waals surface area contributed by atoms with Crippen LogP contribution in [0.1, 0.15) is 0 Å². The molecule has 0 amide bonds. The highest BCUT2D eigenvalue weighted by Crippen LogP contribution is 2.30. The number of hydrazine groups is 1. The molecule has 0 aliphatic heterocycles. The van der Waals surface area contributed by atoms with Crippen LogP contribution in [0.4, 0.5) is 11.5 Å². The normalized spacial score (nSPS) is 9.83. The maximum Gasteiger partial charge on any atom is 0.311 e. The summed E-state index contributed by atoms with van der Waals surface area (Å²) in [6.45, 7) is 0. The molecule has 2 rings (SSSR count). The number of hydrogen-bond acceptors (Lipinski definition) is 6. The van der Waals surface area contributed by atoms with Crippen LogP contribution in [-0.2, 0) is 0 Å². The van der Waals surface area contributed by atoms with Gasteiger partial charge in [0.05, 0.1) is 4.92 Å². The minimum atomic E-state index is -0.514. The van der Waals surface area contributed by atoms with E-state index in [1.807, 2.05) is 0 Å². The van der Waals surface area contributed by atoms with Crippen molar-refractivity contribution in [1.82, 2.24) is 4.98 Å². The van der Waals surface area contributed by atoms with Crippen LogP contribution in [0, 0.1) is 10.1 Å². The second-order valence-electron chi connectivity index (χ2n) is 3.33. The third kappa shape index (κ3) is 2.53. The Kier molecular flexibility index (Phi) is 3.35. The Labute approximate surface area is 102 Å². The molecule has 7 nitrogen and oxygen atoms in total. The van der Waals surface area contributed by atoms with Gasteiger partial charge in [0.2, 0.25) is 11.6 Å². The second-order valence-corrected chi connectivity index (χ2v) is 3.33. The van der Waals surface area contributed by atoms with Crippen molar-refractivity contribution in [2.75, 3.05) is 5.43 Å². The van der Waals surface area contributed by atoms with E-state index in [0.29, 0.717) is 5.82 Å². The van der Waals surface area contributed by atoms with Gasteiger partial charge in [-0.05, 0) is 12.1 Å². The number of nitro benzene ring substituents is 1. The molecule has 0 bridgehead atoms. The van der Waals surface area contributed by atoms with Gasteiger partial charge < -0.3 is 10.2 Å². The van der Waals surface area contributed by atoms with Crippen LogP contribution in [0.5, 0.6) is 11.6 Å². The molecule has 18 heavy (non-hydrogen) atoms. The lowest BCUT2D eigenvalue weighted by atomic mass is 10.3. The Morgan fingerprint density at radius 2 is 2.00 bits per heavy atom. The summed E-state index contributed by atoms with van der Waals surface area (Å²) in [5.41, 5.74) is 2.25. The Hall–Kier alpha value is -2.67. The lowest BCUT2D eigenvalue weighted by Crippen LogP contribution is -2.08. The van der Waals surface area contributed by atoms with Crippen molar-refractivity contribution >= 4 is 11.5 Å². The highest BCUT2D eigenvalue weighted by atomic mass is 16.6. The molecule has 3 N–H and O–H groups in total. The molecule has 2 aromatic rings. The fourth-order valence-corrected chi connectivity index (χ4v) is 1.36. The van der Waals surface area contributed by atoms with Crippen molar-refractivity contribution in [3.63, 3.8) is 0 Å². The number of nitro groups is 1. The van der Waals surface area contributed by atoms with Gasteiger partial charge in [0.25, 0.3) is 0 Å². The van der Waals surface area contributed by atoms with E-state index in [2.05, 4.69) is 10.4 Å². The molecule has 0 aliphatic rings. The molecular formula is C11H10N4O3. The van der Waals surface area contributed by atoms with Crippen LogP contribution >= 0.6 is 0 Å². The summed E-state index contributed by atoms with van der Waals surface area (Å²) in [7, 11) is 0. The van der Waals surface area contributed by atoms with E-state index in [4.69, 9.17) is 10.6 Å². The number of nitrogens with zero attached hydrogens (tertiary/aromatic N) is 2. The van der Waals surface area contributed by atoms with Gasteiger partial charge in [-0.15, -0.1) is 0 Å². The predicted octanol–water partition coefficient (Wildman–Crippen LogP) is 2.07. The van der Waals surface area contributed by atoms with Gasteiger partial charge in [-0.25, -0.2) is 5.84 Å². The van der Waals surface area contributed by atoms with Crippen molar-refractivity contribution in [3.8, 4) is 11.6 Å². The third-order valence-corrected chi connectivity index (χ3v) is 2.15. The van der Waals surface area contributed by atoms with Crippen molar-refractivity contribution in [1.29, 1.82) is 0 Å². The first-order valence-corrected chi connectivity index (χ1v) is 5.05. The van der Waals surface area contributed by atoms with E-state index in [1.165, 1.54) is 12.1 Å². The van der Waals surface area contributed by atoms with Gasteiger partial charge in [-0.1, -0.05) is 18.2 Å². The quantitative estimate of drug-likeness (QED) is 0.486. The number of aromatic nitrogens is 1. The van der Waals surface area contributed by atoms with Crippen LogP contribution in [0.3, 0.4) is 0 Å². The number of rotatable bonds is 4. The summed E-state index contributed by atoms with van der Waals surface area (Å²) in [5, 5.41) is 10.8. The molecule has 0 saturated carbocycles. The Balaban J connectivity index is 2.31. The van der Waals surface area contributed by atoms with Gasteiger partial charge >= 0.3 is 5.69 Å². The van der Waals surface area contributed by atoms with Gasteiger partial charge in [-0.3, -0.25) is 10.1 Å². The van der Waals surface area contributed by atoms with E-state index in [-0.39, 0.29) is 17.3 Å². The van der Waals surface area contributed by atoms with Crippen LogP contribution in [0.25, 0.3) is 0 Å². The summed E-state index contributed by atoms with van der Waals surface area (Å²) < 4.78 is 5.36. The van der Waals surface area contributed by atoms with Crippen molar-refractivity contribution < 1.29 is 9.66 Å². The van der Waals surface area contributed by atoms with E-state index >= 15 is 0 Å². The zero-order valence-electron chi connectivity index (χ0n) is 9.24. The molecule has 1 aromatic carbocycles. The summed E-state index contributed by atoms with van der Waals surface area (Å²) in [4.78, 5) is 14.3. The number of anilines is 1. The van der Waals surface area contributed by atoms with Gasteiger partial charge in [-0.2, -0.15) is 4.98 Å². The standard InChI is InChI=1S/C11H10N4O3/c12-14-10-6-3-7-11(13-10)18-9-5-2-1-4-8(9)15(16)17/h1-7H,12H2,(H,13,14). The van der Waals surface area contributed by atoms with Crippen LogP contribution in [0.2, 0.25) is 0 Å². The average molecular weight is 246 g/mol. The van der Waals surface area contributed by atoms with Crippen LogP contribution in [0.15, 0.2) is 42.5 Å². The van der Waals surface area contributed by atoms with E-state index in [1.54, 1.807) is 30.3 Å². The van der Waals surface area contributed by atoms with Crippen LogP contribution < -0.4 is 16.0 Å². The largest absolute Gasteiger partial charge is 0.432 e. The highest BCUT2D eigenvalue weighted by molar-refractivity contribution is 5.48. The van der Waals surface area contributed by atoms with Crippen molar-refractivity contribution in [2.24, 2.45) is 5.84 Å². The van der Waals surface area contributed by atoms with Crippen LogP contribution in [-0.4, -0.2) is 9.91 Å². The first-order valence-electron chi connectivity index (χ1n) is 5.05. The van der Waals surface area contributed by atoms with Gasteiger partial charge in [0, 0.05) is 12.1 Å². The zero-order valence-corrected chi connectivity index (χ0v) is 9.24. The molecule has 1 heterocycles. The monoisotopic (exact) mass is 246 g/mol. The lowest BCUT2D eigenvalue weighted by molar-refractivity contribution is -0.385. The topological polar surface area (TPSA) is 103 Å². The fraction of sp³-hybridized carbons (Fsp3) is 0. The second kappa shape index (κ2) is 5.11. The number of nitrogens with two attached hydrogens (primary N) is 1. The number of nitrogens with one attached hydrogen (secondary N) is 1. The van der Waals surface area contributed by atoms with Gasteiger partial charge in [0.1, 0.15) is 5.82 Å². The summed E-state index contributed by atoms with van der Waals surface area (Å²) in [6, 6.07) is 11.0. The van der Waals surface area contributed by atoms with E-state index in [0.717, 1.165) is 0 Å². The zero-order chi connectivity index (χ0) is 13.0. The number of nitrogen functional groups attached to an aromatic ring is 1. The number of benzene rings is 1. The smallest absolute Gasteiger partial charge is 0.311 e. The fourth-order valence-electron chi connectivity index (χ4n) is 1.36. The minimum absolute atomic E-state index is 0.120. The maximum absolute atomic E-state index is 10.8. The Morgan fingerprint density at radius 3 is 2.72 bits per heavy atom.